The van der Waals surface area contributed by atoms with Crippen LogP contribution in [0.25, 0.3) is 0 Å². The second-order valence-corrected chi connectivity index (χ2v) is 3.83. The molecular weight excluding hydrogens is 218 g/mol. The Bertz CT molecular complexity index is 239. The van der Waals surface area contributed by atoms with Gasteiger partial charge in [-0.1, -0.05) is 23.8 Å². The van der Waals surface area contributed by atoms with Crippen molar-refractivity contribution in [1.29, 1.82) is 0 Å². The summed E-state index contributed by atoms with van der Waals surface area (Å²) in [6.07, 6.45) is 8.53. The summed E-state index contributed by atoms with van der Waals surface area (Å²) in [5.74, 6) is 0. The molecule has 1 aliphatic carbocycles. The van der Waals surface area contributed by atoms with Crippen molar-refractivity contribution in [3.8, 4) is 0 Å². The lowest BCUT2D eigenvalue weighted by molar-refractivity contribution is 0.0165. The summed E-state index contributed by atoms with van der Waals surface area (Å²) in [6.45, 7) is 4.44. The Balaban J connectivity index is 1.72. The third-order valence-electron chi connectivity index (χ3n) is 2.42. The van der Waals surface area contributed by atoms with Crippen molar-refractivity contribution < 1.29 is 14.2 Å². The quantitative estimate of drug-likeness (QED) is 0.553. The van der Waals surface area contributed by atoms with Gasteiger partial charge in [0.1, 0.15) is 0 Å². The first-order valence-corrected chi connectivity index (χ1v) is 6.21. The van der Waals surface area contributed by atoms with Gasteiger partial charge in [-0.25, -0.2) is 0 Å². The Morgan fingerprint density at radius 2 is 1.59 bits per heavy atom. The maximum atomic E-state index is 5.47. The first-order valence-electron chi connectivity index (χ1n) is 6.21. The Morgan fingerprint density at radius 1 is 0.941 bits per heavy atom. The molecule has 4 nitrogen and oxygen atoms in total. The first-order chi connectivity index (χ1) is 8.43. The van der Waals surface area contributed by atoms with Crippen molar-refractivity contribution in [3.05, 3.63) is 23.8 Å². The second kappa shape index (κ2) is 10.5. The van der Waals surface area contributed by atoms with Crippen molar-refractivity contribution >= 4 is 0 Å². The third-order valence-corrected chi connectivity index (χ3v) is 2.42. The molecule has 0 atom stereocenters. The molecule has 1 aliphatic rings. The lowest BCUT2D eigenvalue weighted by atomic mass is 10.2. The Hall–Kier alpha value is -0.680. The van der Waals surface area contributed by atoms with E-state index in [0.29, 0.717) is 39.6 Å². The average Bonchev–Trinajstić information content (AvgIpc) is 2.85. The van der Waals surface area contributed by atoms with E-state index in [1.165, 1.54) is 5.57 Å². The predicted octanol–water partition coefficient (Wildman–Crippen LogP) is 1.27. The van der Waals surface area contributed by atoms with E-state index in [0.717, 1.165) is 19.4 Å². The van der Waals surface area contributed by atoms with Gasteiger partial charge in [-0.15, -0.1) is 0 Å². The zero-order valence-electron chi connectivity index (χ0n) is 10.4. The topological polar surface area (TPSA) is 53.7 Å². The highest BCUT2D eigenvalue weighted by atomic mass is 16.5. The molecule has 0 saturated carbocycles. The molecule has 0 saturated heterocycles. The minimum Gasteiger partial charge on any atom is -0.379 e. The van der Waals surface area contributed by atoms with E-state index in [1.807, 2.05) is 0 Å². The predicted molar refractivity (Wildman–Crippen MR) is 68.0 cm³/mol. The molecular formula is C13H23NO3. The first kappa shape index (κ1) is 14.4. The molecule has 0 aliphatic heterocycles. The maximum Gasteiger partial charge on any atom is 0.0701 e. The summed E-state index contributed by atoms with van der Waals surface area (Å²) in [4.78, 5) is 0. The van der Waals surface area contributed by atoms with Gasteiger partial charge in [0.05, 0.1) is 39.6 Å². The molecule has 98 valence electrons. The van der Waals surface area contributed by atoms with Crippen molar-refractivity contribution in [1.82, 2.24) is 0 Å². The Labute approximate surface area is 103 Å². The minimum atomic E-state index is 0.563. The van der Waals surface area contributed by atoms with Gasteiger partial charge in [0.2, 0.25) is 0 Å². The highest BCUT2D eigenvalue weighted by Crippen LogP contribution is 2.13. The van der Waals surface area contributed by atoms with Crippen molar-refractivity contribution in [2.45, 2.75) is 12.8 Å². The highest BCUT2D eigenvalue weighted by molar-refractivity contribution is 5.22. The third kappa shape index (κ3) is 8.10. The maximum absolute atomic E-state index is 5.47. The number of ether oxygens (including phenoxy) is 3. The van der Waals surface area contributed by atoms with Gasteiger partial charge in [0, 0.05) is 6.54 Å². The summed E-state index contributed by atoms with van der Waals surface area (Å²) in [6, 6.07) is 0. The second-order valence-electron chi connectivity index (χ2n) is 3.83. The van der Waals surface area contributed by atoms with Gasteiger partial charge < -0.3 is 19.9 Å². The van der Waals surface area contributed by atoms with E-state index in [2.05, 4.69) is 18.2 Å². The summed E-state index contributed by atoms with van der Waals surface area (Å²) >= 11 is 0. The zero-order valence-corrected chi connectivity index (χ0v) is 10.4. The molecule has 0 unspecified atom stereocenters. The minimum absolute atomic E-state index is 0.563. The van der Waals surface area contributed by atoms with Crippen LogP contribution in [0.1, 0.15) is 12.8 Å². The fourth-order valence-corrected chi connectivity index (χ4v) is 1.51. The van der Waals surface area contributed by atoms with Crippen molar-refractivity contribution in [2.75, 3.05) is 46.2 Å². The standard InChI is InChI=1S/C13H23NO3/c14-6-8-16-10-12-17-11-9-15-7-5-13-3-1-2-4-13/h1-3H,4-12,14H2. The Kier molecular flexibility index (Phi) is 8.86. The van der Waals surface area contributed by atoms with Crippen LogP contribution < -0.4 is 5.73 Å². The van der Waals surface area contributed by atoms with Crippen LogP contribution in [0.5, 0.6) is 0 Å². The normalized spacial score (nSPS) is 14.3. The highest BCUT2D eigenvalue weighted by Gasteiger charge is 1.98. The number of nitrogens with two attached hydrogens (primary N) is 1. The van der Waals surface area contributed by atoms with Crippen LogP contribution in [0.3, 0.4) is 0 Å². The number of hydrogen-bond donors (Lipinski definition) is 1. The van der Waals surface area contributed by atoms with E-state index in [-0.39, 0.29) is 0 Å². The van der Waals surface area contributed by atoms with E-state index in [9.17, 15) is 0 Å². The molecule has 17 heavy (non-hydrogen) atoms. The van der Waals surface area contributed by atoms with Gasteiger partial charge >= 0.3 is 0 Å². The van der Waals surface area contributed by atoms with Gasteiger partial charge in [-0.2, -0.15) is 0 Å². The fraction of sp³-hybridized carbons (Fsp3) is 0.692. The van der Waals surface area contributed by atoms with Crippen LogP contribution in [0.4, 0.5) is 0 Å². The number of rotatable bonds is 11. The molecule has 0 radical (unpaired) electrons. The van der Waals surface area contributed by atoms with Gasteiger partial charge in [-0.3, -0.25) is 0 Å². The van der Waals surface area contributed by atoms with Crippen LogP contribution in [0.15, 0.2) is 23.8 Å². The summed E-state index contributed by atoms with van der Waals surface area (Å²) in [5.41, 5.74) is 6.73. The molecule has 0 amide bonds. The molecule has 0 spiro atoms. The summed E-state index contributed by atoms with van der Waals surface area (Å²) in [7, 11) is 0. The largest absolute Gasteiger partial charge is 0.379 e. The molecule has 0 aromatic carbocycles. The molecule has 0 aromatic rings. The summed E-state index contributed by atoms with van der Waals surface area (Å²) < 4.78 is 16.0. The Morgan fingerprint density at radius 3 is 2.18 bits per heavy atom. The van der Waals surface area contributed by atoms with Crippen LogP contribution >= 0.6 is 0 Å². The van der Waals surface area contributed by atoms with Crippen LogP contribution in [0, 0.1) is 0 Å². The molecule has 0 fully saturated rings. The van der Waals surface area contributed by atoms with Gasteiger partial charge in [0.15, 0.2) is 0 Å². The van der Waals surface area contributed by atoms with E-state index >= 15 is 0 Å². The SMILES string of the molecule is NCCOCCOCCOCCC1=CC=CC1. The molecule has 0 aromatic heterocycles. The molecule has 2 N–H and O–H groups in total. The van der Waals surface area contributed by atoms with E-state index in [1.54, 1.807) is 0 Å². The van der Waals surface area contributed by atoms with Crippen molar-refractivity contribution in [3.63, 3.8) is 0 Å². The molecule has 0 heterocycles. The van der Waals surface area contributed by atoms with Crippen LogP contribution in [-0.4, -0.2) is 46.2 Å². The van der Waals surface area contributed by atoms with Crippen LogP contribution in [0.2, 0.25) is 0 Å². The lowest BCUT2D eigenvalue weighted by Crippen LogP contribution is -2.13. The molecule has 1 rings (SSSR count). The fourth-order valence-electron chi connectivity index (χ4n) is 1.51. The number of allylic oxidation sites excluding steroid dienone is 3. The van der Waals surface area contributed by atoms with Crippen LogP contribution in [-0.2, 0) is 14.2 Å². The lowest BCUT2D eigenvalue weighted by Gasteiger charge is -2.06. The monoisotopic (exact) mass is 241 g/mol. The van der Waals surface area contributed by atoms with Gasteiger partial charge in [0.25, 0.3) is 0 Å². The smallest absolute Gasteiger partial charge is 0.0701 e. The van der Waals surface area contributed by atoms with Gasteiger partial charge in [-0.05, 0) is 12.8 Å². The van der Waals surface area contributed by atoms with E-state index < -0.39 is 0 Å². The molecule has 0 bridgehead atoms. The zero-order chi connectivity index (χ0) is 12.2. The number of hydrogen-bond acceptors (Lipinski definition) is 4. The van der Waals surface area contributed by atoms with Crippen molar-refractivity contribution in [2.24, 2.45) is 5.73 Å². The summed E-state index contributed by atoms with van der Waals surface area (Å²) in [5, 5.41) is 0. The average molecular weight is 241 g/mol. The van der Waals surface area contributed by atoms with E-state index in [4.69, 9.17) is 19.9 Å². The molecule has 4 heteroatoms.